The van der Waals surface area contributed by atoms with Gasteiger partial charge < -0.3 is 4.74 Å². The molecule has 12 heteroatoms. The van der Waals surface area contributed by atoms with Crippen LogP contribution in [0.3, 0.4) is 0 Å². The zero-order valence-corrected chi connectivity index (χ0v) is 22.7. The molecule has 0 saturated carbocycles. The zero-order valence-electron chi connectivity index (χ0n) is 21.9. The lowest BCUT2D eigenvalue weighted by Crippen LogP contribution is -2.40. The summed E-state index contributed by atoms with van der Waals surface area (Å²) in [6, 6.07) is 10.3. The topological polar surface area (TPSA) is 131 Å². The van der Waals surface area contributed by atoms with Crippen LogP contribution in [-0.4, -0.2) is 30.7 Å². The van der Waals surface area contributed by atoms with E-state index in [1.54, 1.807) is 51.6 Å². The summed E-state index contributed by atoms with van der Waals surface area (Å²) in [5.74, 6) is -0.646. The molecule has 2 aromatic heterocycles. The van der Waals surface area contributed by atoms with E-state index in [9.17, 15) is 24.5 Å². The average molecular weight is 548 g/mol. The van der Waals surface area contributed by atoms with Gasteiger partial charge in [-0.15, -0.1) is 0 Å². The molecule has 0 radical (unpaired) electrons. The lowest BCUT2D eigenvalue weighted by Gasteiger charge is -2.25. The highest BCUT2D eigenvalue weighted by atomic mass is 32.1. The number of ether oxygens (including phenoxy) is 1. The quantitative estimate of drug-likeness (QED) is 0.214. The van der Waals surface area contributed by atoms with E-state index in [1.807, 2.05) is 18.2 Å². The lowest BCUT2D eigenvalue weighted by atomic mass is 9.95. The number of carbonyl (C=O) groups is 1. The van der Waals surface area contributed by atoms with Crippen molar-refractivity contribution in [2.45, 2.75) is 32.9 Å². The number of fused-ring (bicyclic) bond motifs is 2. The number of nitro groups is 1. The highest BCUT2D eigenvalue weighted by Crippen LogP contribution is 2.32. The van der Waals surface area contributed by atoms with Crippen LogP contribution in [0.1, 0.15) is 37.9 Å². The predicted octanol–water partition coefficient (Wildman–Crippen LogP) is 2.29. The first-order valence-corrected chi connectivity index (χ1v) is 12.9. The number of rotatable bonds is 5. The molecule has 11 nitrogen and oxygen atoms in total. The van der Waals surface area contributed by atoms with Gasteiger partial charge in [-0.05, 0) is 50.1 Å². The maximum absolute atomic E-state index is 13.8. The van der Waals surface area contributed by atoms with Crippen molar-refractivity contribution in [3.8, 4) is 0 Å². The van der Waals surface area contributed by atoms with Gasteiger partial charge in [-0.25, -0.2) is 14.6 Å². The van der Waals surface area contributed by atoms with E-state index in [0.717, 1.165) is 16.9 Å². The Morgan fingerprint density at radius 2 is 1.85 bits per heavy atom. The van der Waals surface area contributed by atoms with Gasteiger partial charge in [0.1, 0.15) is 0 Å². The standard InChI is InChI=1S/C27H25N5O6S/c1-14(2)38-25(34)22-15(3)28-26-31(23(22)17-7-6-8-18(13-17)32(36)37)24(33)21(39-26)12-16-9-10-19-20(11-16)30(5)27(35)29(19)4/h6-14,23H,1-5H3/b21-12-/t23-/m0/s1. The van der Waals surface area contributed by atoms with Crippen molar-refractivity contribution in [1.82, 2.24) is 13.7 Å². The van der Waals surface area contributed by atoms with Crippen molar-refractivity contribution in [3.63, 3.8) is 0 Å². The molecule has 200 valence electrons. The second-order valence-electron chi connectivity index (χ2n) is 9.54. The summed E-state index contributed by atoms with van der Waals surface area (Å²) in [6.07, 6.45) is 1.29. The number of aryl methyl sites for hydroxylation is 2. The summed E-state index contributed by atoms with van der Waals surface area (Å²) in [6.45, 7) is 5.08. The number of esters is 1. The van der Waals surface area contributed by atoms with Crippen molar-refractivity contribution < 1.29 is 14.5 Å². The molecule has 0 unspecified atom stereocenters. The van der Waals surface area contributed by atoms with Gasteiger partial charge >= 0.3 is 11.7 Å². The minimum absolute atomic E-state index is 0.142. The molecule has 0 aliphatic carbocycles. The molecular weight excluding hydrogens is 522 g/mol. The predicted molar refractivity (Wildman–Crippen MR) is 146 cm³/mol. The van der Waals surface area contributed by atoms with E-state index in [-0.39, 0.29) is 17.0 Å². The molecule has 4 aromatic rings. The van der Waals surface area contributed by atoms with Crippen LogP contribution in [0.4, 0.5) is 5.69 Å². The molecule has 2 aromatic carbocycles. The van der Waals surface area contributed by atoms with E-state index in [0.29, 0.717) is 31.7 Å². The maximum Gasteiger partial charge on any atom is 0.338 e. The summed E-state index contributed by atoms with van der Waals surface area (Å²) in [5, 5.41) is 11.5. The molecule has 1 aliphatic rings. The highest BCUT2D eigenvalue weighted by molar-refractivity contribution is 7.07. The molecule has 0 fully saturated rings. The molecule has 0 N–H and O–H groups in total. The Bertz CT molecular complexity index is 1960. The van der Waals surface area contributed by atoms with Gasteiger partial charge in [0.25, 0.3) is 11.2 Å². The van der Waals surface area contributed by atoms with E-state index in [1.165, 1.54) is 27.3 Å². The largest absolute Gasteiger partial charge is 0.459 e. The molecule has 5 rings (SSSR count). The Labute approximate surface area is 225 Å². The number of benzene rings is 2. The maximum atomic E-state index is 13.8. The Kier molecular flexibility index (Phi) is 6.43. The lowest BCUT2D eigenvalue weighted by molar-refractivity contribution is -0.384. The first-order chi connectivity index (χ1) is 18.5. The number of aromatic nitrogens is 3. The van der Waals surface area contributed by atoms with Gasteiger partial charge in [0.2, 0.25) is 0 Å². The summed E-state index contributed by atoms with van der Waals surface area (Å²) in [5.41, 5.74) is 2.36. The smallest absolute Gasteiger partial charge is 0.338 e. The fourth-order valence-corrected chi connectivity index (χ4v) is 5.80. The second-order valence-corrected chi connectivity index (χ2v) is 10.5. The third-order valence-corrected chi connectivity index (χ3v) is 7.56. The van der Waals surface area contributed by atoms with Crippen LogP contribution in [0.15, 0.2) is 68.3 Å². The summed E-state index contributed by atoms with van der Waals surface area (Å²) < 4.78 is 10.3. The normalized spacial score (nSPS) is 15.5. The molecule has 0 amide bonds. The Morgan fingerprint density at radius 3 is 2.54 bits per heavy atom. The number of hydrogen-bond acceptors (Lipinski definition) is 8. The first-order valence-electron chi connectivity index (χ1n) is 12.1. The van der Waals surface area contributed by atoms with Gasteiger partial charge in [-0.1, -0.05) is 29.5 Å². The van der Waals surface area contributed by atoms with Gasteiger partial charge in [-0.2, -0.15) is 0 Å². The van der Waals surface area contributed by atoms with Crippen molar-refractivity contribution in [3.05, 3.63) is 105 Å². The molecule has 1 atom stereocenters. The van der Waals surface area contributed by atoms with E-state index >= 15 is 0 Å². The number of hydrogen-bond donors (Lipinski definition) is 0. The number of non-ortho nitro benzene ring substituents is 1. The molecular formula is C27H25N5O6S. The van der Waals surface area contributed by atoms with Gasteiger partial charge in [0, 0.05) is 26.2 Å². The fraction of sp³-hybridized carbons (Fsp3) is 0.259. The Morgan fingerprint density at radius 1 is 1.13 bits per heavy atom. The van der Waals surface area contributed by atoms with E-state index in [4.69, 9.17) is 4.74 Å². The third-order valence-electron chi connectivity index (χ3n) is 6.57. The molecule has 0 spiro atoms. The molecule has 39 heavy (non-hydrogen) atoms. The van der Waals surface area contributed by atoms with Gasteiger partial charge in [0.15, 0.2) is 4.80 Å². The first kappa shape index (κ1) is 26.0. The van der Waals surface area contributed by atoms with Crippen molar-refractivity contribution in [1.29, 1.82) is 0 Å². The Balaban J connectivity index is 1.73. The minimum Gasteiger partial charge on any atom is -0.459 e. The Hall–Kier alpha value is -4.58. The zero-order chi connectivity index (χ0) is 28.2. The SMILES string of the molecule is CC1=C(C(=O)OC(C)C)[C@H](c2cccc([N+](=O)[O-])c2)n2c(s/c(=C\c3ccc4c(c3)n(C)c(=O)n4C)c2=O)=N1. The van der Waals surface area contributed by atoms with Crippen LogP contribution >= 0.6 is 11.3 Å². The molecule has 1 aliphatic heterocycles. The fourth-order valence-electron chi connectivity index (χ4n) is 4.75. The number of nitrogens with zero attached hydrogens (tertiary/aromatic N) is 5. The minimum atomic E-state index is -0.966. The molecule has 0 bridgehead atoms. The summed E-state index contributed by atoms with van der Waals surface area (Å²) in [7, 11) is 3.38. The van der Waals surface area contributed by atoms with E-state index in [2.05, 4.69) is 4.99 Å². The number of nitro benzene ring substituents is 1. The molecule has 0 saturated heterocycles. The van der Waals surface area contributed by atoms with Crippen LogP contribution < -0.4 is 20.6 Å². The number of thiazole rings is 1. The van der Waals surface area contributed by atoms with Crippen molar-refractivity contribution in [2.75, 3.05) is 0 Å². The summed E-state index contributed by atoms with van der Waals surface area (Å²) in [4.78, 5) is 55.2. The number of imidazole rings is 1. The van der Waals surface area contributed by atoms with Crippen molar-refractivity contribution >= 4 is 40.1 Å². The third kappa shape index (κ3) is 4.42. The average Bonchev–Trinajstić information content (AvgIpc) is 3.30. The highest BCUT2D eigenvalue weighted by Gasteiger charge is 2.34. The van der Waals surface area contributed by atoms with Crippen LogP contribution in [0.25, 0.3) is 17.1 Å². The molecule has 3 heterocycles. The number of allylic oxidation sites excluding steroid dienone is 1. The summed E-state index contributed by atoms with van der Waals surface area (Å²) >= 11 is 1.15. The van der Waals surface area contributed by atoms with Crippen LogP contribution in [0.2, 0.25) is 0 Å². The van der Waals surface area contributed by atoms with Gasteiger partial charge in [-0.3, -0.25) is 28.6 Å². The van der Waals surface area contributed by atoms with Crippen LogP contribution in [0, 0.1) is 10.1 Å². The van der Waals surface area contributed by atoms with Crippen LogP contribution in [0.5, 0.6) is 0 Å². The van der Waals surface area contributed by atoms with Crippen LogP contribution in [-0.2, 0) is 23.6 Å². The second kappa shape index (κ2) is 9.62. The number of carbonyl (C=O) groups excluding carboxylic acids is 1. The monoisotopic (exact) mass is 547 g/mol. The van der Waals surface area contributed by atoms with E-state index < -0.39 is 28.6 Å². The van der Waals surface area contributed by atoms with Gasteiger partial charge in [0.05, 0.1) is 43.9 Å². The van der Waals surface area contributed by atoms with Crippen molar-refractivity contribution in [2.24, 2.45) is 19.1 Å².